The number of benzene rings is 1. The molecule has 1 aromatic carbocycles. The zero-order valence-corrected chi connectivity index (χ0v) is 20.7. The van der Waals surface area contributed by atoms with Crippen LogP contribution in [-0.4, -0.2) is 28.7 Å². The molecule has 166 valence electrons. The van der Waals surface area contributed by atoms with Crippen molar-refractivity contribution >= 4 is 17.7 Å². The fraction of sp³-hybridized carbons (Fsp3) is 0.720. The number of hydrogen-bond acceptors (Lipinski definition) is 4. The Morgan fingerprint density at radius 1 is 1.07 bits per heavy atom. The molecule has 0 aliphatic carbocycles. The summed E-state index contributed by atoms with van der Waals surface area (Å²) in [5, 5.41) is 11.2. The summed E-state index contributed by atoms with van der Waals surface area (Å²) in [5.41, 5.74) is 2.63. The first kappa shape index (κ1) is 25.9. The predicted molar refractivity (Wildman–Crippen MR) is 126 cm³/mol. The Morgan fingerprint density at radius 2 is 1.62 bits per heavy atom. The minimum atomic E-state index is -0.162. The van der Waals surface area contributed by atoms with E-state index in [0.717, 1.165) is 28.9 Å². The zero-order chi connectivity index (χ0) is 22.2. The fourth-order valence-electron chi connectivity index (χ4n) is 3.16. The van der Waals surface area contributed by atoms with Gasteiger partial charge < -0.3 is 9.84 Å². The summed E-state index contributed by atoms with van der Waals surface area (Å²) in [6.45, 7) is 17.5. The van der Waals surface area contributed by atoms with Crippen molar-refractivity contribution in [1.82, 2.24) is 0 Å². The van der Waals surface area contributed by atoms with Crippen molar-refractivity contribution in [1.29, 1.82) is 0 Å². The van der Waals surface area contributed by atoms with Gasteiger partial charge in [0.25, 0.3) is 0 Å². The average Bonchev–Trinajstić information content (AvgIpc) is 2.61. The average molecular weight is 423 g/mol. The van der Waals surface area contributed by atoms with Crippen LogP contribution in [0.25, 0.3) is 0 Å². The lowest BCUT2D eigenvalue weighted by Crippen LogP contribution is -2.19. The Hall–Kier alpha value is -1.16. The molecular weight excluding hydrogens is 380 g/mol. The van der Waals surface area contributed by atoms with Gasteiger partial charge in [0, 0.05) is 11.7 Å². The summed E-state index contributed by atoms with van der Waals surface area (Å²) in [7, 11) is 0. The van der Waals surface area contributed by atoms with Crippen molar-refractivity contribution in [2.75, 3.05) is 12.4 Å². The van der Waals surface area contributed by atoms with E-state index in [2.05, 4.69) is 55.4 Å². The van der Waals surface area contributed by atoms with Crippen molar-refractivity contribution in [2.24, 2.45) is 0 Å². The Balaban J connectivity index is 2.79. The van der Waals surface area contributed by atoms with Crippen molar-refractivity contribution in [3.63, 3.8) is 0 Å². The zero-order valence-electron chi connectivity index (χ0n) is 19.9. The molecule has 1 atom stereocenters. The van der Waals surface area contributed by atoms with E-state index < -0.39 is 0 Å². The maximum atomic E-state index is 12.3. The molecular formula is C25H42O3S. The summed E-state index contributed by atoms with van der Waals surface area (Å²) < 4.78 is 5.56. The van der Waals surface area contributed by atoms with Crippen LogP contribution in [0.3, 0.4) is 0 Å². The molecule has 0 heterocycles. The number of thioether (sulfide) groups is 1. The van der Waals surface area contributed by atoms with Gasteiger partial charge in [-0.3, -0.25) is 4.79 Å². The molecule has 4 heteroatoms. The molecule has 1 unspecified atom stereocenters. The summed E-state index contributed by atoms with van der Waals surface area (Å²) >= 11 is 1.91. The highest BCUT2D eigenvalue weighted by Gasteiger charge is 2.26. The van der Waals surface area contributed by atoms with Crippen LogP contribution in [0.2, 0.25) is 0 Å². The highest BCUT2D eigenvalue weighted by atomic mass is 32.2. The van der Waals surface area contributed by atoms with Crippen LogP contribution in [0.1, 0.15) is 97.8 Å². The van der Waals surface area contributed by atoms with Gasteiger partial charge in [-0.15, -0.1) is 0 Å². The van der Waals surface area contributed by atoms with Gasteiger partial charge in [-0.2, -0.15) is 11.8 Å². The van der Waals surface area contributed by atoms with Gasteiger partial charge in [-0.1, -0.05) is 73.9 Å². The molecule has 1 N–H and O–H groups in total. The number of esters is 1. The molecule has 3 nitrogen and oxygen atoms in total. The molecule has 0 bridgehead atoms. The molecule has 1 rings (SSSR count). The van der Waals surface area contributed by atoms with Crippen molar-refractivity contribution in [3.05, 3.63) is 28.8 Å². The van der Waals surface area contributed by atoms with Crippen LogP contribution < -0.4 is 0 Å². The Morgan fingerprint density at radius 3 is 2.07 bits per heavy atom. The number of phenols is 1. The van der Waals surface area contributed by atoms with Gasteiger partial charge in [0.1, 0.15) is 12.4 Å². The molecule has 0 aromatic heterocycles. The number of aromatic hydroxyl groups is 1. The molecule has 1 aromatic rings. The minimum Gasteiger partial charge on any atom is -0.507 e. The van der Waals surface area contributed by atoms with Crippen LogP contribution in [-0.2, 0) is 26.8 Å². The fourth-order valence-corrected chi connectivity index (χ4v) is 4.35. The van der Waals surface area contributed by atoms with Gasteiger partial charge in [0.15, 0.2) is 0 Å². The molecule has 29 heavy (non-hydrogen) atoms. The summed E-state index contributed by atoms with van der Waals surface area (Å²) in [6, 6.07) is 4.10. The first-order valence-corrected chi connectivity index (χ1v) is 12.1. The first-order chi connectivity index (χ1) is 13.4. The topological polar surface area (TPSA) is 46.5 Å². The highest BCUT2D eigenvalue weighted by Crippen LogP contribution is 2.40. The molecule has 0 amide bonds. The number of hydrogen-bond donors (Lipinski definition) is 1. The summed E-state index contributed by atoms with van der Waals surface area (Å²) in [5.74, 6) is 1.37. The second-order valence-electron chi connectivity index (χ2n) is 9.98. The standard InChI is InChI=1S/C25H42O3S/c1-9-11-14-29-19(10-2)17-28-22(26)13-12-18-15-20(24(3,4)5)23(27)21(16-18)25(6,7)8/h15-16,19,27H,9-14,17H2,1-8H3. The minimum absolute atomic E-state index is 0.137. The third-order valence-electron chi connectivity index (χ3n) is 5.14. The van der Waals surface area contributed by atoms with Crippen molar-refractivity contribution in [2.45, 2.75) is 104 Å². The molecule has 0 aliphatic rings. The maximum Gasteiger partial charge on any atom is 0.306 e. The Labute approximate surface area is 183 Å². The van der Waals surface area contributed by atoms with Gasteiger partial charge in [0.2, 0.25) is 0 Å². The number of phenolic OH excluding ortho intramolecular Hbond substituents is 1. The van der Waals surface area contributed by atoms with E-state index >= 15 is 0 Å². The van der Waals surface area contributed by atoms with Crippen LogP contribution in [0.4, 0.5) is 0 Å². The van der Waals surface area contributed by atoms with Gasteiger partial charge >= 0.3 is 5.97 Å². The quantitative estimate of drug-likeness (QED) is 0.334. The number of ether oxygens (including phenoxy) is 1. The highest BCUT2D eigenvalue weighted by molar-refractivity contribution is 7.99. The number of rotatable bonds is 10. The van der Waals surface area contributed by atoms with E-state index in [1.165, 1.54) is 12.8 Å². The van der Waals surface area contributed by atoms with E-state index in [1.54, 1.807) is 0 Å². The van der Waals surface area contributed by atoms with E-state index in [4.69, 9.17) is 4.74 Å². The number of aryl methyl sites for hydroxylation is 1. The smallest absolute Gasteiger partial charge is 0.306 e. The Kier molecular flexibility index (Phi) is 10.1. The second-order valence-corrected chi connectivity index (χ2v) is 11.4. The molecule has 0 fully saturated rings. The van der Waals surface area contributed by atoms with Crippen LogP contribution in [0, 0.1) is 0 Å². The number of unbranched alkanes of at least 4 members (excludes halogenated alkanes) is 1. The van der Waals surface area contributed by atoms with Crippen molar-refractivity contribution in [3.8, 4) is 5.75 Å². The summed E-state index contributed by atoms with van der Waals surface area (Å²) in [4.78, 5) is 12.3. The lowest BCUT2D eigenvalue weighted by Gasteiger charge is -2.28. The molecule has 0 aliphatic heterocycles. The van der Waals surface area contributed by atoms with E-state index in [9.17, 15) is 9.90 Å². The molecule has 0 saturated carbocycles. The van der Waals surface area contributed by atoms with E-state index in [1.807, 2.05) is 23.9 Å². The van der Waals surface area contributed by atoms with E-state index in [0.29, 0.717) is 30.4 Å². The van der Waals surface area contributed by atoms with Crippen molar-refractivity contribution < 1.29 is 14.6 Å². The second kappa shape index (κ2) is 11.3. The third-order valence-corrected chi connectivity index (χ3v) is 6.61. The molecule has 0 spiro atoms. The third kappa shape index (κ3) is 8.62. The van der Waals surface area contributed by atoms with Gasteiger partial charge in [0.05, 0.1) is 0 Å². The van der Waals surface area contributed by atoms with Gasteiger partial charge in [-0.05, 0) is 52.5 Å². The lowest BCUT2D eigenvalue weighted by atomic mass is 9.78. The van der Waals surface area contributed by atoms with Gasteiger partial charge in [-0.25, -0.2) is 0 Å². The maximum absolute atomic E-state index is 12.3. The monoisotopic (exact) mass is 422 g/mol. The Bertz CT molecular complexity index is 618. The first-order valence-electron chi connectivity index (χ1n) is 11.0. The summed E-state index contributed by atoms with van der Waals surface area (Å²) in [6.07, 6.45) is 4.42. The normalized spacial score (nSPS) is 13.4. The van der Waals surface area contributed by atoms with Crippen LogP contribution in [0.5, 0.6) is 5.75 Å². The van der Waals surface area contributed by atoms with E-state index in [-0.39, 0.29) is 16.8 Å². The largest absolute Gasteiger partial charge is 0.507 e. The predicted octanol–water partition coefficient (Wildman–Crippen LogP) is 6.77. The molecule has 0 radical (unpaired) electrons. The molecule has 0 saturated heterocycles. The number of carbonyl (C=O) groups excluding carboxylic acids is 1. The van der Waals surface area contributed by atoms with Crippen LogP contribution >= 0.6 is 11.8 Å². The van der Waals surface area contributed by atoms with Crippen LogP contribution in [0.15, 0.2) is 12.1 Å². The number of carbonyl (C=O) groups is 1. The lowest BCUT2D eigenvalue weighted by molar-refractivity contribution is -0.143. The SMILES string of the molecule is CCCCSC(CC)COC(=O)CCc1cc(C(C)(C)C)c(O)c(C(C)(C)C)c1.